The van der Waals surface area contributed by atoms with Crippen molar-refractivity contribution in [2.75, 3.05) is 26.2 Å². The minimum absolute atomic E-state index is 0.0753. The van der Waals surface area contributed by atoms with Crippen molar-refractivity contribution in [2.24, 2.45) is 5.92 Å². The van der Waals surface area contributed by atoms with E-state index in [1.807, 2.05) is 0 Å². The second-order valence-corrected chi connectivity index (χ2v) is 4.86. The van der Waals surface area contributed by atoms with Crippen molar-refractivity contribution >= 4 is 0 Å². The van der Waals surface area contributed by atoms with Crippen LogP contribution in [0.5, 0.6) is 0 Å². The Morgan fingerprint density at radius 3 is 2.47 bits per heavy atom. The summed E-state index contributed by atoms with van der Waals surface area (Å²) in [6.07, 6.45) is 5.11. The number of hydrogen-bond donors (Lipinski definition) is 1. The largest absolute Gasteiger partial charge is 0.392 e. The van der Waals surface area contributed by atoms with Gasteiger partial charge in [0.25, 0.3) is 0 Å². The first-order valence-corrected chi connectivity index (χ1v) is 6.31. The summed E-state index contributed by atoms with van der Waals surface area (Å²) in [6, 6.07) is 0. The van der Waals surface area contributed by atoms with Gasteiger partial charge in [0.1, 0.15) is 0 Å². The fourth-order valence-electron chi connectivity index (χ4n) is 2.39. The highest BCUT2D eigenvalue weighted by Gasteiger charge is 2.31. The molecule has 3 nitrogen and oxygen atoms in total. The van der Waals surface area contributed by atoms with Crippen molar-refractivity contribution in [1.82, 2.24) is 4.90 Å². The third kappa shape index (κ3) is 3.44. The zero-order valence-electron chi connectivity index (χ0n) is 9.69. The number of hydrogen-bond acceptors (Lipinski definition) is 3. The predicted octanol–water partition coefficient (Wildman–Crippen LogP) is 1.26. The van der Waals surface area contributed by atoms with Crippen molar-refractivity contribution in [3.05, 3.63) is 0 Å². The third-order valence-electron chi connectivity index (χ3n) is 3.55. The Labute approximate surface area is 92.4 Å². The first-order chi connectivity index (χ1) is 7.29. The molecule has 0 radical (unpaired) electrons. The van der Waals surface area contributed by atoms with Crippen LogP contribution >= 0.6 is 0 Å². The van der Waals surface area contributed by atoms with E-state index in [4.69, 9.17) is 4.74 Å². The second-order valence-electron chi connectivity index (χ2n) is 4.86. The van der Waals surface area contributed by atoms with Gasteiger partial charge in [-0.2, -0.15) is 0 Å². The van der Waals surface area contributed by atoms with Gasteiger partial charge in [-0.1, -0.05) is 0 Å². The van der Waals surface area contributed by atoms with Crippen LogP contribution in [0.2, 0.25) is 0 Å². The molecular weight excluding hydrogens is 190 g/mol. The van der Waals surface area contributed by atoms with Gasteiger partial charge in [-0.25, -0.2) is 0 Å². The van der Waals surface area contributed by atoms with Crippen molar-refractivity contribution in [3.8, 4) is 0 Å². The summed E-state index contributed by atoms with van der Waals surface area (Å²) in [5.74, 6) is 0.606. The molecule has 1 atom stereocenters. The zero-order valence-corrected chi connectivity index (χ0v) is 9.69. The van der Waals surface area contributed by atoms with Gasteiger partial charge in [0.05, 0.1) is 12.2 Å². The molecule has 0 aromatic heterocycles. The summed E-state index contributed by atoms with van der Waals surface area (Å²) in [6.45, 7) is 5.95. The molecular formula is C12H23NO2. The van der Waals surface area contributed by atoms with E-state index in [1.54, 1.807) is 0 Å². The quantitative estimate of drug-likeness (QED) is 0.746. The lowest BCUT2D eigenvalue weighted by atomic mass is 10.1. The van der Waals surface area contributed by atoms with Crippen molar-refractivity contribution in [3.63, 3.8) is 0 Å². The Balaban J connectivity index is 1.64. The van der Waals surface area contributed by atoms with E-state index >= 15 is 0 Å². The van der Waals surface area contributed by atoms with Crippen LogP contribution in [0.25, 0.3) is 0 Å². The fraction of sp³-hybridized carbons (Fsp3) is 1.00. The van der Waals surface area contributed by atoms with Gasteiger partial charge in [0.2, 0.25) is 0 Å². The first kappa shape index (κ1) is 11.4. The fourth-order valence-corrected chi connectivity index (χ4v) is 2.39. The van der Waals surface area contributed by atoms with E-state index in [-0.39, 0.29) is 6.10 Å². The highest BCUT2D eigenvalue weighted by atomic mass is 16.5. The number of likely N-dealkylation sites (tertiary alicyclic amines) is 1. The highest BCUT2D eigenvalue weighted by molar-refractivity contribution is 4.84. The highest BCUT2D eigenvalue weighted by Crippen LogP contribution is 2.33. The number of aliphatic hydroxyl groups is 1. The molecule has 0 aromatic rings. The second kappa shape index (κ2) is 5.28. The topological polar surface area (TPSA) is 32.7 Å². The number of ether oxygens (including phenoxy) is 1. The Kier molecular flexibility index (Phi) is 4.00. The van der Waals surface area contributed by atoms with Crippen molar-refractivity contribution in [1.29, 1.82) is 0 Å². The minimum Gasteiger partial charge on any atom is -0.392 e. The molecule has 1 saturated carbocycles. The van der Waals surface area contributed by atoms with E-state index in [2.05, 4.69) is 11.8 Å². The van der Waals surface area contributed by atoms with E-state index in [0.717, 1.165) is 39.1 Å². The molecule has 1 aliphatic heterocycles. The van der Waals surface area contributed by atoms with Crippen LogP contribution < -0.4 is 0 Å². The monoisotopic (exact) mass is 213 g/mol. The summed E-state index contributed by atoms with van der Waals surface area (Å²) >= 11 is 0. The zero-order chi connectivity index (χ0) is 10.7. The molecule has 0 bridgehead atoms. The SMILES string of the molecule is CCOC1CCN(CC(O)C2CC2)CC1. The molecule has 0 spiro atoms. The molecule has 1 unspecified atom stereocenters. The molecule has 1 aliphatic carbocycles. The number of aliphatic hydroxyl groups excluding tert-OH is 1. The summed E-state index contributed by atoms with van der Waals surface area (Å²) in [4.78, 5) is 2.39. The summed E-state index contributed by atoms with van der Waals surface area (Å²) < 4.78 is 5.61. The van der Waals surface area contributed by atoms with Gasteiger partial charge >= 0.3 is 0 Å². The van der Waals surface area contributed by atoms with Crippen LogP contribution in [0.3, 0.4) is 0 Å². The molecule has 1 saturated heterocycles. The number of β-amino-alcohol motifs (C(OH)–C–C–N with tert-alkyl or cyclic N) is 1. The minimum atomic E-state index is -0.0753. The maximum Gasteiger partial charge on any atom is 0.0695 e. The van der Waals surface area contributed by atoms with Gasteiger partial charge in [-0.15, -0.1) is 0 Å². The van der Waals surface area contributed by atoms with Crippen LogP contribution in [0.4, 0.5) is 0 Å². The number of nitrogens with zero attached hydrogens (tertiary/aromatic N) is 1. The van der Waals surface area contributed by atoms with E-state index in [9.17, 15) is 5.11 Å². The maximum absolute atomic E-state index is 9.84. The Bertz CT molecular complexity index is 186. The maximum atomic E-state index is 9.84. The average Bonchev–Trinajstić information content (AvgIpc) is 3.04. The molecule has 1 N–H and O–H groups in total. The molecule has 0 amide bonds. The molecule has 15 heavy (non-hydrogen) atoms. The Morgan fingerprint density at radius 2 is 1.93 bits per heavy atom. The molecule has 88 valence electrons. The standard InChI is InChI=1S/C12H23NO2/c1-2-15-11-5-7-13(8-6-11)9-12(14)10-3-4-10/h10-12,14H,2-9H2,1H3. The number of piperidine rings is 1. The van der Waals surface area contributed by atoms with Crippen LogP contribution in [0.15, 0.2) is 0 Å². The van der Waals surface area contributed by atoms with Gasteiger partial charge < -0.3 is 14.7 Å². The smallest absolute Gasteiger partial charge is 0.0695 e. The average molecular weight is 213 g/mol. The van der Waals surface area contributed by atoms with Crippen LogP contribution in [-0.4, -0.2) is 48.5 Å². The predicted molar refractivity (Wildman–Crippen MR) is 59.8 cm³/mol. The molecule has 2 fully saturated rings. The van der Waals surface area contributed by atoms with Crippen LogP contribution in [0, 0.1) is 5.92 Å². The van der Waals surface area contributed by atoms with Crippen LogP contribution in [-0.2, 0) is 4.74 Å². The lowest BCUT2D eigenvalue weighted by molar-refractivity contribution is 0.00122. The molecule has 0 aromatic carbocycles. The normalized spacial score (nSPS) is 26.8. The summed E-state index contributed by atoms with van der Waals surface area (Å²) in [5.41, 5.74) is 0. The van der Waals surface area contributed by atoms with Crippen molar-refractivity contribution in [2.45, 2.75) is 44.8 Å². The van der Waals surface area contributed by atoms with Gasteiger partial charge in [0.15, 0.2) is 0 Å². The van der Waals surface area contributed by atoms with Crippen molar-refractivity contribution < 1.29 is 9.84 Å². The third-order valence-corrected chi connectivity index (χ3v) is 3.55. The molecule has 2 aliphatic rings. The lowest BCUT2D eigenvalue weighted by Gasteiger charge is -2.32. The molecule has 1 heterocycles. The van der Waals surface area contributed by atoms with Gasteiger partial charge in [-0.3, -0.25) is 0 Å². The molecule has 2 rings (SSSR count). The van der Waals surface area contributed by atoms with Gasteiger partial charge in [0, 0.05) is 26.2 Å². The first-order valence-electron chi connectivity index (χ1n) is 6.31. The Hall–Kier alpha value is -0.120. The van der Waals surface area contributed by atoms with Gasteiger partial charge in [-0.05, 0) is 38.5 Å². The summed E-state index contributed by atoms with van der Waals surface area (Å²) in [5, 5.41) is 9.84. The van der Waals surface area contributed by atoms with E-state index < -0.39 is 0 Å². The van der Waals surface area contributed by atoms with E-state index in [0.29, 0.717) is 12.0 Å². The number of rotatable bonds is 5. The molecule has 3 heteroatoms. The summed E-state index contributed by atoms with van der Waals surface area (Å²) in [7, 11) is 0. The van der Waals surface area contributed by atoms with Crippen LogP contribution in [0.1, 0.15) is 32.6 Å². The van der Waals surface area contributed by atoms with E-state index in [1.165, 1.54) is 12.8 Å². The Morgan fingerprint density at radius 1 is 1.27 bits per heavy atom. The lowest BCUT2D eigenvalue weighted by Crippen LogP contribution is -2.41.